The summed E-state index contributed by atoms with van der Waals surface area (Å²) < 4.78 is 10.9. The summed E-state index contributed by atoms with van der Waals surface area (Å²) in [4.78, 5) is 0. The van der Waals surface area contributed by atoms with E-state index in [1.807, 2.05) is 0 Å². The van der Waals surface area contributed by atoms with Crippen molar-refractivity contribution in [3.63, 3.8) is 0 Å². The number of unbranched alkanes of at least 4 members (excludes halogenated alkanes) is 1. The zero-order chi connectivity index (χ0) is 12.5. The maximum atomic E-state index is 9.15. The molecule has 17 heavy (non-hydrogen) atoms. The third-order valence-electron chi connectivity index (χ3n) is 2.34. The maximum Gasteiger partial charge on any atom is 0.143 e. The van der Waals surface area contributed by atoms with Crippen molar-refractivity contribution in [2.75, 3.05) is 19.8 Å². The number of hydrogen-bond donors (Lipinski definition) is 1. The van der Waals surface area contributed by atoms with Crippen LogP contribution >= 0.6 is 11.6 Å². The van der Waals surface area contributed by atoms with Crippen molar-refractivity contribution >= 4 is 11.6 Å². The molecule has 0 amide bonds. The summed E-state index contributed by atoms with van der Waals surface area (Å²) in [6.45, 7) is 3.79. The van der Waals surface area contributed by atoms with Gasteiger partial charge >= 0.3 is 0 Å². The van der Waals surface area contributed by atoms with Gasteiger partial charge in [-0.1, -0.05) is 37.1 Å². The lowest BCUT2D eigenvalue weighted by atomic mass is 10.2. The minimum atomic E-state index is -0.0768. The second-order valence-electron chi connectivity index (χ2n) is 3.70. The molecule has 0 saturated carbocycles. The van der Waals surface area contributed by atoms with Crippen LogP contribution in [0.5, 0.6) is 5.75 Å². The smallest absolute Gasteiger partial charge is 0.143 e. The first kappa shape index (κ1) is 14.3. The van der Waals surface area contributed by atoms with E-state index >= 15 is 0 Å². The Kier molecular flexibility index (Phi) is 7.01. The van der Waals surface area contributed by atoms with Gasteiger partial charge in [-0.3, -0.25) is 0 Å². The van der Waals surface area contributed by atoms with Gasteiger partial charge in [0, 0.05) is 12.2 Å². The summed E-state index contributed by atoms with van der Waals surface area (Å²) in [7, 11) is 0. The lowest BCUT2D eigenvalue weighted by molar-refractivity contribution is 0.0972. The van der Waals surface area contributed by atoms with Crippen LogP contribution in [0.1, 0.15) is 25.3 Å². The number of halogens is 1. The average Bonchev–Trinajstić information content (AvgIpc) is 2.35. The largest absolute Gasteiger partial charge is 0.489 e. The van der Waals surface area contributed by atoms with Crippen molar-refractivity contribution in [3.05, 3.63) is 28.8 Å². The molecule has 0 atom stereocenters. The third-order valence-corrected chi connectivity index (χ3v) is 2.63. The Bertz CT molecular complexity index is 328. The molecule has 0 fully saturated rings. The Balaban J connectivity index is 2.35. The lowest BCUT2D eigenvalue weighted by Crippen LogP contribution is -2.09. The fourth-order valence-corrected chi connectivity index (χ4v) is 1.64. The van der Waals surface area contributed by atoms with Gasteiger partial charge in [-0.25, -0.2) is 0 Å². The Labute approximate surface area is 107 Å². The van der Waals surface area contributed by atoms with Crippen molar-refractivity contribution in [1.82, 2.24) is 0 Å². The van der Waals surface area contributed by atoms with Gasteiger partial charge < -0.3 is 14.6 Å². The van der Waals surface area contributed by atoms with Crippen molar-refractivity contribution < 1.29 is 14.6 Å². The monoisotopic (exact) mass is 258 g/mol. The van der Waals surface area contributed by atoms with Crippen LogP contribution in [-0.4, -0.2) is 24.9 Å². The van der Waals surface area contributed by atoms with Crippen molar-refractivity contribution in [1.29, 1.82) is 0 Å². The summed E-state index contributed by atoms with van der Waals surface area (Å²) in [6.07, 6.45) is 2.19. The molecule has 0 aliphatic heterocycles. The molecule has 0 saturated heterocycles. The van der Waals surface area contributed by atoms with E-state index in [1.165, 1.54) is 0 Å². The van der Waals surface area contributed by atoms with Crippen LogP contribution in [0.3, 0.4) is 0 Å². The number of aliphatic hydroxyl groups is 1. The van der Waals surface area contributed by atoms with Crippen molar-refractivity contribution in [2.24, 2.45) is 0 Å². The molecule has 1 rings (SSSR count). The summed E-state index contributed by atoms with van der Waals surface area (Å²) in [5.41, 5.74) is 0.700. The minimum absolute atomic E-state index is 0.0768. The van der Waals surface area contributed by atoms with E-state index < -0.39 is 0 Å². The fourth-order valence-electron chi connectivity index (χ4n) is 1.39. The van der Waals surface area contributed by atoms with Gasteiger partial charge in [0.1, 0.15) is 12.4 Å². The van der Waals surface area contributed by atoms with Crippen LogP contribution in [0.25, 0.3) is 0 Å². The van der Waals surface area contributed by atoms with E-state index in [2.05, 4.69) is 6.92 Å². The first-order valence-electron chi connectivity index (χ1n) is 5.88. The average molecular weight is 259 g/mol. The number of hydrogen-bond acceptors (Lipinski definition) is 3. The zero-order valence-electron chi connectivity index (χ0n) is 10.1. The molecule has 0 spiro atoms. The number of para-hydroxylation sites is 1. The number of rotatable bonds is 8. The Morgan fingerprint density at radius 3 is 2.76 bits per heavy atom. The Morgan fingerprint density at radius 1 is 1.24 bits per heavy atom. The Hall–Kier alpha value is -0.770. The molecule has 4 heteroatoms. The highest BCUT2D eigenvalue weighted by molar-refractivity contribution is 6.32. The normalized spacial score (nSPS) is 10.5. The number of ether oxygens (including phenoxy) is 2. The van der Waals surface area contributed by atoms with E-state index in [0.29, 0.717) is 29.5 Å². The first-order valence-corrected chi connectivity index (χ1v) is 6.26. The standard InChI is InChI=1S/C13H19ClO3/c1-2-3-7-16-8-9-17-13-11(10-15)5-4-6-12(13)14/h4-6,15H,2-3,7-10H2,1H3. The van der Waals surface area contributed by atoms with Crippen LogP contribution in [-0.2, 0) is 11.3 Å². The van der Waals surface area contributed by atoms with E-state index in [9.17, 15) is 0 Å². The van der Waals surface area contributed by atoms with E-state index in [4.69, 9.17) is 26.2 Å². The fraction of sp³-hybridized carbons (Fsp3) is 0.538. The van der Waals surface area contributed by atoms with E-state index in [1.54, 1.807) is 18.2 Å². The van der Waals surface area contributed by atoms with Crippen LogP contribution in [0.2, 0.25) is 5.02 Å². The molecule has 96 valence electrons. The van der Waals surface area contributed by atoms with Gasteiger partial charge in [0.2, 0.25) is 0 Å². The summed E-state index contributed by atoms with van der Waals surface area (Å²) in [5.74, 6) is 0.552. The highest BCUT2D eigenvalue weighted by atomic mass is 35.5. The maximum absolute atomic E-state index is 9.15. The van der Waals surface area contributed by atoms with Gasteiger partial charge in [0.25, 0.3) is 0 Å². The molecule has 0 aliphatic rings. The lowest BCUT2D eigenvalue weighted by Gasteiger charge is -2.11. The molecule has 0 unspecified atom stereocenters. The van der Waals surface area contributed by atoms with Gasteiger partial charge in [0.05, 0.1) is 18.2 Å². The van der Waals surface area contributed by atoms with Crippen LogP contribution in [0, 0.1) is 0 Å². The first-order chi connectivity index (χ1) is 8.29. The second-order valence-corrected chi connectivity index (χ2v) is 4.11. The predicted molar refractivity (Wildman–Crippen MR) is 68.6 cm³/mol. The molecular formula is C13H19ClO3. The summed E-state index contributed by atoms with van der Waals surface area (Å²) >= 11 is 5.99. The molecule has 1 aromatic carbocycles. The molecule has 0 radical (unpaired) electrons. The van der Waals surface area contributed by atoms with Gasteiger partial charge in [-0.2, -0.15) is 0 Å². The Morgan fingerprint density at radius 2 is 2.06 bits per heavy atom. The molecule has 0 aliphatic carbocycles. The van der Waals surface area contributed by atoms with Gasteiger partial charge in [-0.15, -0.1) is 0 Å². The predicted octanol–water partition coefficient (Wildman–Crippen LogP) is 3.03. The second kappa shape index (κ2) is 8.34. The quantitative estimate of drug-likeness (QED) is 0.729. The highest BCUT2D eigenvalue weighted by Gasteiger charge is 2.07. The molecule has 1 aromatic rings. The molecule has 0 aromatic heterocycles. The van der Waals surface area contributed by atoms with Gasteiger partial charge in [0.15, 0.2) is 0 Å². The van der Waals surface area contributed by atoms with Crippen molar-refractivity contribution in [2.45, 2.75) is 26.4 Å². The van der Waals surface area contributed by atoms with Crippen molar-refractivity contribution in [3.8, 4) is 5.75 Å². The van der Waals surface area contributed by atoms with Gasteiger partial charge in [-0.05, 0) is 12.5 Å². The highest BCUT2D eigenvalue weighted by Crippen LogP contribution is 2.28. The molecule has 3 nitrogen and oxygen atoms in total. The summed E-state index contributed by atoms with van der Waals surface area (Å²) in [5, 5.41) is 9.66. The van der Waals surface area contributed by atoms with Crippen LogP contribution in [0.4, 0.5) is 0 Å². The van der Waals surface area contributed by atoms with Crippen LogP contribution in [0.15, 0.2) is 18.2 Å². The van der Waals surface area contributed by atoms with E-state index in [-0.39, 0.29) is 6.61 Å². The molecule has 0 bridgehead atoms. The minimum Gasteiger partial charge on any atom is -0.489 e. The number of benzene rings is 1. The SMILES string of the molecule is CCCCOCCOc1c(Cl)cccc1CO. The number of aliphatic hydroxyl groups excluding tert-OH is 1. The molecule has 1 N–H and O–H groups in total. The zero-order valence-corrected chi connectivity index (χ0v) is 10.9. The molecular weight excluding hydrogens is 240 g/mol. The molecule has 0 heterocycles. The van der Waals surface area contributed by atoms with E-state index in [0.717, 1.165) is 19.4 Å². The van der Waals surface area contributed by atoms with Crippen LogP contribution < -0.4 is 4.74 Å². The third kappa shape index (κ3) is 4.94. The summed E-state index contributed by atoms with van der Waals surface area (Å²) in [6, 6.07) is 5.33. The topological polar surface area (TPSA) is 38.7 Å².